The molecule has 0 amide bonds. The van der Waals surface area contributed by atoms with Crippen LogP contribution in [0.5, 0.6) is 0 Å². The minimum atomic E-state index is 0.310. The Morgan fingerprint density at radius 3 is 2.64 bits per heavy atom. The number of hydrogen-bond donors (Lipinski definition) is 1. The lowest BCUT2D eigenvalue weighted by Gasteiger charge is -2.32. The SMILES string of the molecule is CNC1S[C]=C(C)N1N(C)C. The standard InChI is InChI=1S/C7H14N3S/c1-6-5-11-7(8-2)10(6)9(3)4/h7-8H,1-4H3. The summed E-state index contributed by atoms with van der Waals surface area (Å²) in [7, 11) is 6.01. The highest BCUT2D eigenvalue weighted by molar-refractivity contribution is 8.01. The zero-order valence-electron chi connectivity index (χ0n) is 7.38. The van der Waals surface area contributed by atoms with E-state index < -0.39 is 0 Å². The van der Waals surface area contributed by atoms with Crippen molar-refractivity contribution in [2.75, 3.05) is 21.1 Å². The molecule has 63 valence electrons. The molecule has 1 radical (unpaired) electrons. The minimum Gasteiger partial charge on any atom is -0.290 e. The number of allylic oxidation sites excluding steroid dienone is 1. The fourth-order valence-electron chi connectivity index (χ4n) is 1.10. The second kappa shape index (κ2) is 3.47. The highest BCUT2D eigenvalue weighted by Crippen LogP contribution is 2.27. The molecule has 1 atom stereocenters. The summed E-state index contributed by atoms with van der Waals surface area (Å²) in [6, 6.07) is 0. The molecule has 0 saturated carbocycles. The van der Waals surface area contributed by atoms with E-state index in [9.17, 15) is 0 Å². The molecule has 0 aromatic rings. The van der Waals surface area contributed by atoms with Gasteiger partial charge in [0.1, 0.15) is 5.50 Å². The molecule has 0 bridgehead atoms. The minimum absolute atomic E-state index is 0.310. The topological polar surface area (TPSA) is 18.5 Å². The van der Waals surface area contributed by atoms with Gasteiger partial charge in [0.2, 0.25) is 0 Å². The Hall–Kier alpha value is -0.190. The zero-order valence-corrected chi connectivity index (χ0v) is 8.20. The predicted octanol–water partition coefficient (Wildman–Crippen LogP) is 0.679. The van der Waals surface area contributed by atoms with E-state index in [1.165, 1.54) is 5.70 Å². The second-order valence-electron chi connectivity index (χ2n) is 2.64. The van der Waals surface area contributed by atoms with Gasteiger partial charge in [-0.15, -0.1) is 0 Å². The van der Waals surface area contributed by atoms with Crippen molar-refractivity contribution in [2.24, 2.45) is 0 Å². The van der Waals surface area contributed by atoms with E-state index in [2.05, 4.69) is 27.7 Å². The lowest BCUT2D eigenvalue weighted by molar-refractivity contribution is 0.0487. The third-order valence-electron chi connectivity index (χ3n) is 1.56. The molecule has 11 heavy (non-hydrogen) atoms. The fourth-order valence-corrected chi connectivity index (χ4v) is 2.04. The van der Waals surface area contributed by atoms with Crippen molar-refractivity contribution in [1.82, 2.24) is 15.3 Å². The Labute approximate surface area is 72.4 Å². The highest BCUT2D eigenvalue weighted by atomic mass is 32.2. The molecule has 4 heteroatoms. The van der Waals surface area contributed by atoms with Crippen molar-refractivity contribution in [3.8, 4) is 0 Å². The van der Waals surface area contributed by atoms with Gasteiger partial charge in [0.25, 0.3) is 0 Å². The Morgan fingerprint density at radius 2 is 2.27 bits per heavy atom. The lowest BCUT2D eigenvalue weighted by atomic mass is 10.5. The third-order valence-corrected chi connectivity index (χ3v) is 2.63. The molecule has 1 aliphatic rings. The normalized spacial score (nSPS) is 24.6. The third kappa shape index (κ3) is 1.69. The van der Waals surface area contributed by atoms with Crippen LogP contribution in [0.3, 0.4) is 0 Å². The summed E-state index contributed by atoms with van der Waals surface area (Å²) in [6.07, 6.45) is 0. The number of nitrogens with one attached hydrogen (secondary N) is 1. The van der Waals surface area contributed by atoms with E-state index in [0.717, 1.165) is 0 Å². The van der Waals surface area contributed by atoms with Gasteiger partial charge in [-0.3, -0.25) is 10.3 Å². The van der Waals surface area contributed by atoms with Crippen LogP contribution in [-0.2, 0) is 0 Å². The van der Waals surface area contributed by atoms with Gasteiger partial charge in [-0.1, -0.05) is 11.8 Å². The predicted molar refractivity (Wildman–Crippen MR) is 48.4 cm³/mol. The smallest absolute Gasteiger partial charge is 0.146 e. The molecule has 1 aliphatic heterocycles. The number of nitrogens with zero attached hydrogens (tertiary/aromatic N) is 2. The van der Waals surface area contributed by atoms with Crippen LogP contribution in [0.25, 0.3) is 0 Å². The number of hydrazine groups is 1. The number of hydrogen-bond acceptors (Lipinski definition) is 4. The van der Waals surface area contributed by atoms with E-state index in [1.54, 1.807) is 11.8 Å². The summed E-state index contributed by atoms with van der Waals surface area (Å²) in [6.45, 7) is 2.06. The van der Waals surface area contributed by atoms with Gasteiger partial charge in [0, 0.05) is 25.2 Å². The molecule has 1 heterocycles. The molecule has 0 saturated heterocycles. The van der Waals surface area contributed by atoms with Crippen LogP contribution < -0.4 is 5.32 Å². The maximum Gasteiger partial charge on any atom is 0.146 e. The largest absolute Gasteiger partial charge is 0.290 e. The van der Waals surface area contributed by atoms with E-state index in [-0.39, 0.29) is 0 Å². The van der Waals surface area contributed by atoms with Crippen molar-refractivity contribution in [1.29, 1.82) is 0 Å². The Bertz CT molecular complexity index is 167. The average Bonchev–Trinajstić information content (AvgIpc) is 2.30. The molecule has 0 aromatic heterocycles. The molecule has 0 aromatic carbocycles. The van der Waals surface area contributed by atoms with Gasteiger partial charge in [0.05, 0.1) is 0 Å². The summed E-state index contributed by atoms with van der Waals surface area (Å²) < 4.78 is 0. The quantitative estimate of drug-likeness (QED) is 0.660. The van der Waals surface area contributed by atoms with Gasteiger partial charge >= 0.3 is 0 Å². The van der Waals surface area contributed by atoms with Crippen LogP contribution in [0.1, 0.15) is 6.92 Å². The average molecular weight is 172 g/mol. The first-order chi connectivity index (χ1) is 5.16. The van der Waals surface area contributed by atoms with E-state index in [4.69, 9.17) is 0 Å². The molecule has 1 rings (SSSR count). The van der Waals surface area contributed by atoms with Gasteiger partial charge in [0.15, 0.2) is 0 Å². The molecule has 1 N–H and O–H groups in total. The van der Waals surface area contributed by atoms with E-state index in [1.807, 2.05) is 21.1 Å². The Kier molecular flexibility index (Phi) is 2.81. The van der Waals surface area contributed by atoms with Crippen molar-refractivity contribution >= 4 is 11.8 Å². The van der Waals surface area contributed by atoms with Gasteiger partial charge in [-0.25, -0.2) is 5.01 Å². The van der Waals surface area contributed by atoms with Crippen molar-refractivity contribution < 1.29 is 0 Å². The lowest BCUT2D eigenvalue weighted by Crippen LogP contribution is -2.45. The molecule has 0 spiro atoms. The van der Waals surface area contributed by atoms with E-state index in [0.29, 0.717) is 5.50 Å². The summed E-state index contributed by atoms with van der Waals surface area (Å²) in [5, 5.41) is 10.6. The maximum absolute atomic E-state index is 3.21. The van der Waals surface area contributed by atoms with Crippen molar-refractivity contribution in [3.63, 3.8) is 0 Å². The fraction of sp³-hybridized carbons (Fsp3) is 0.714. The molecule has 0 aliphatic carbocycles. The molecule has 3 nitrogen and oxygen atoms in total. The number of rotatable bonds is 2. The molecular weight excluding hydrogens is 158 g/mol. The van der Waals surface area contributed by atoms with Crippen LogP contribution in [0.15, 0.2) is 5.70 Å². The van der Waals surface area contributed by atoms with Crippen LogP contribution >= 0.6 is 11.8 Å². The van der Waals surface area contributed by atoms with Crippen molar-refractivity contribution in [3.05, 3.63) is 11.1 Å². The Morgan fingerprint density at radius 1 is 1.64 bits per heavy atom. The molecular formula is C7H14N3S. The van der Waals surface area contributed by atoms with Gasteiger partial charge in [-0.05, 0) is 14.0 Å². The monoisotopic (exact) mass is 172 g/mol. The van der Waals surface area contributed by atoms with Crippen molar-refractivity contribution in [2.45, 2.75) is 12.4 Å². The Balaban J connectivity index is 2.64. The molecule has 1 unspecified atom stereocenters. The summed E-state index contributed by atoms with van der Waals surface area (Å²) in [5.74, 6) is 0. The number of thioether (sulfide) groups is 1. The van der Waals surface area contributed by atoms with Crippen LogP contribution in [0.4, 0.5) is 0 Å². The zero-order chi connectivity index (χ0) is 8.43. The maximum atomic E-state index is 3.21. The first-order valence-electron chi connectivity index (χ1n) is 3.55. The second-order valence-corrected chi connectivity index (χ2v) is 3.52. The first kappa shape index (κ1) is 8.90. The molecule has 0 fully saturated rings. The summed E-state index contributed by atoms with van der Waals surface area (Å²) in [4.78, 5) is 0. The van der Waals surface area contributed by atoms with E-state index >= 15 is 0 Å². The van der Waals surface area contributed by atoms with Crippen LogP contribution in [-0.4, -0.2) is 36.7 Å². The van der Waals surface area contributed by atoms with Gasteiger partial charge < -0.3 is 0 Å². The summed E-state index contributed by atoms with van der Waals surface area (Å²) >= 11 is 1.67. The van der Waals surface area contributed by atoms with Crippen LogP contribution in [0.2, 0.25) is 0 Å². The van der Waals surface area contributed by atoms with Crippen LogP contribution in [0, 0.1) is 5.41 Å². The highest BCUT2D eigenvalue weighted by Gasteiger charge is 2.24. The first-order valence-corrected chi connectivity index (χ1v) is 4.43. The summed E-state index contributed by atoms with van der Waals surface area (Å²) in [5.41, 5.74) is 1.48. The van der Waals surface area contributed by atoms with Gasteiger partial charge in [-0.2, -0.15) is 0 Å².